The van der Waals surface area contributed by atoms with E-state index in [-0.39, 0.29) is 24.1 Å². The highest BCUT2D eigenvalue weighted by molar-refractivity contribution is 5.86. The van der Waals surface area contributed by atoms with Crippen LogP contribution in [0.3, 0.4) is 0 Å². The quantitative estimate of drug-likeness (QED) is 0.493. The molecular formula is C21H35N5O2. The van der Waals surface area contributed by atoms with E-state index < -0.39 is 0 Å². The van der Waals surface area contributed by atoms with Crippen molar-refractivity contribution in [2.24, 2.45) is 4.99 Å². The van der Waals surface area contributed by atoms with E-state index in [1.807, 2.05) is 39.8 Å². The van der Waals surface area contributed by atoms with Crippen LogP contribution in [0.15, 0.2) is 23.3 Å². The minimum absolute atomic E-state index is 0.0646. The van der Waals surface area contributed by atoms with Gasteiger partial charge in [0.2, 0.25) is 11.8 Å². The van der Waals surface area contributed by atoms with E-state index >= 15 is 0 Å². The Morgan fingerprint density at radius 2 is 2.00 bits per heavy atom. The molecular weight excluding hydrogens is 354 g/mol. The lowest BCUT2D eigenvalue weighted by Gasteiger charge is -2.22. The fourth-order valence-corrected chi connectivity index (χ4v) is 3.11. The molecule has 1 aromatic rings. The third-order valence-corrected chi connectivity index (χ3v) is 4.33. The van der Waals surface area contributed by atoms with Crippen LogP contribution in [-0.2, 0) is 11.3 Å². The maximum atomic E-state index is 12.0. The smallest absolute Gasteiger partial charge is 0.239 e. The van der Waals surface area contributed by atoms with Gasteiger partial charge in [0.15, 0.2) is 5.96 Å². The zero-order chi connectivity index (χ0) is 20.4. The van der Waals surface area contributed by atoms with Gasteiger partial charge in [-0.1, -0.05) is 6.42 Å². The van der Waals surface area contributed by atoms with Crippen molar-refractivity contribution < 1.29 is 9.53 Å². The van der Waals surface area contributed by atoms with Crippen LogP contribution in [-0.4, -0.2) is 41.6 Å². The average molecular weight is 390 g/mol. The number of hydrogen-bond donors (Lipinski definition) is 3. The molecule has 1 amide bonds. The molecule has 1 heterocycles. The first-order valence-electron chi connectivity index (χ1n) is 10.3. The van der Waals surface area contributed by atoms with Crippen molar-refractivity contribution in [2.75, 3.05) is 13.1 Å². The largest absolute Gasteiger partial charge is 0.474 e. The molecule has 7 heteroatoms. The maximum absolute atomic E-state index is 12.0. The van der Waals surface area contributed by atoms with E-state index in [9.17, 15) is 4.79 Å². The summed E-state index contributed by atoms with van der Waals surface area (Å²) < 4.78 is 6.03. The van der Waals surface area contributed by atoms with Crippen molar-refractivity contribution in [3.8, 4) is 5.88 Å². The van der Waals surface area contributed by atoms with Crippen molar-refractivity contribution in [1.82, 2.24) is 20.9 Å². The van der Waals surface area contributed by atoms with E-state index in [0.717, 1.165) is 24.9 Å². The first-order valence-corrected chi connectivity index (χ1v) is 10.3. The molecule has 156 valence electrons. The second kappa shape index (κ2) is 10.9. The molecule has 1 aliphatic carbocycles. The Labute approximate surface area is 168 Å². The summed E-state index contributed by atoms with van der Waals surface area (Å²) in [6.45, 7) is 9.26. The van der Waals surface area contributed by atoms with Crippen molar-refractivity contribution in [1.29, 1.82) is 0 Å². The maximum Gasteiger partial charge on any atom is 0.239 e. The van der Waals surface area contributed by atoms with Gasteiger partial charge in [0.25, 0.3) is 0 Å². The Morgan fingerprint density at radius 3 is 2.68 bits per heavy atom. The molecule has 1 fully saturated rings. The lowest BCUT2D eigenvalue weighted by Crippen LogP contribution is -2.48. The number of guanidine groups is 1. The van der Waals surface area contributed by atoms with Gasteiger partial charge in [-0.05, 0) is 65.0 Å². The predicted octanol–water partition coefficient (Wildman–Crippen LogP) is 2.76. The molecule has 0 saturated heterocycles. The second-order valence-electron chi connectivity index (χ2n) is 8.23. The van der Waals surface area contributed by atoms with E-state index in [4.69, 9.17) is 4.74 Å². The first-order chi connectivity index (χ1) is 13.4. The summed E-state index contributed by atoms with van der Waals surface area (Å²) in [5, 5.41) is 9.16. The van der Waals surface area contributed by atoms with E-state index in [1.54, 1.807) is 6.20 Å². The monoisotopic (exact) mass is 389 g/mol. The molecule has 1 aromatic heterocycles. The van der Waals surface area contributed by atoms with Gasteiger partial charge in [-0.15, -0.1) is 0 Å². The average Bonchev–Trinajstić information content (AvgIpc) is 2.64. The van der Waals surface area contributed by atoms with Crippen molar-refractivity contribution in [3.05, 3.63) is 23.9 Å². The summed E-state index contributed by atoms with van der Waals surface area (Å²) in [5.41, 5.74) is 0.775. The lowest BCUT2D eigenvalue weighted by molar-refractivity contribution is -0.121. The Kier molecular flexibility index (Phi) is 8.54. The van der Waals surface area contributed by atoms with Gasteiger partial charge in [-0.25, -0.2) is 9.98 Å². The molecule has 3 N–H and O–H groups in total. The van der Waals surface area contributed by atoms with Crippen LogP contribution in [0.5, 0.6) is 5.88 Å². The van der Waals surface area contributed by atoms with Gasteiger partial charge in [0, 0.05) is 24.3 Å². The van der Waals surface area contributed by atoms with Gasteiger partial charge in [-0.3, -0.25) is 4.79 Å². The highest BCUT2D eigenvalue weighted by atomic mass is 16.5. The summed E-state index contributed by atoms with van der Waals surface area (Å²) in [6, 6.07) is 3.89. The third-order valence-electron chi connectivity index (χ3n) is 4.33. The number of aromatic nitrogens is 1. The molecule has 1 saturated carbocycles. The highest BCUT2D eigenvalue weighted by Gasteiger charge is 2.16. The van der Waals surface area contributed by atoms with Crippen LogP contribution in [0.4, 0.5) is 0 Å². The topological polar surface area (TPSA) is 87.6 Å². The molecule has 0 spiro atoms. The van der Waals surface area contributed by atoms with Crippen molar-refractivity contribution in [2.45, 2.75) is 78.0 Å². The number of amides is 1. The van der Waals surface area contributed by atoms with Crippen LogP contribution in [0.25, 0.3) is 0 Å². The number of pyridine rings is 1. The number of nitrogens with zero attached hydrogens (tertiary/aromatic N) is 2. The SMILES string of the molecule is CCNC(=NCc1ccnc(OC2CCCCC2)c1)NCC(=O)NC(C)(C)C. The van der Waals surface area contributed by atoms with Crippen LogP contribution in [0, 0.1) is 0 Å². The predicted molar refractivity (Wildman–Crippen MR) is 112 cm³/mol. The van der Waals surface area contributed by atoms with E-state index in [2.05, 4.69) is 25.9 Å². The summed E-state index contributed by atoms with van der Waals surface area (Å²) >= 11 is 0. The minimum Gasteiger partial charge on any atom is -0.474 e. The van der Waals surface area contributed by atoms with Crippen LogP contribution < -0.4 is 20.7 Å². The van der Waals surface area contributed by atoms with Gasteiger partial charge in [0.05, 0.1) is 13.1 Å². The Morgan fingerprint density at radius 1 is 1.25 bits per heavy atom. The molecule has 0 aromatic carbocycles. The molecule has 7 nitrogen and oxygen atoms in total. The number of carbonyl (C=O) groups excluding carboxylic acids is 1. The molecule has 0 radical (unpaired) electrons. The number of nitrogens with one attached hydrogen (secondary N) is 3. The van der Waals surface area contributed by atoms with Gasteiger partial charge >= 0.3 is 0 Å². The molecule has 0 unspecified atom stereocenters. The summed E-state index contributed by atoms with van der Waals surface area (Å²) in [5.74, 6) is 1.21. The Balaban J connectivity index is 1.90. The van der Waals surface area contributed by atoms with E-state index in [1.165, 1.54) is 19.3 Å². The van der Waals surface area contributed by atoms with Crippen molar-refractivity contribution in [3.63, 3.8) is 0 Å². The molecule has 0 bridgehead atoms. The fourth-order valence-electron chi connectivity index (χ4n) is 3.11. The standard InChI is InChI=1S/C21H35N5O2/c1-5-22-20(25-15-18(27)26-21(2,3)4)24-14-16-11-12-23-19(13-16)28-17-9-7-6-8-10-17/h11-13,17H,5-10,14-15H2,1-4H3,(H,26,27)(H2,22,24,25). The third kappa shape index (κ3) is 8.59. The zero-order valence-electron chi connectivity index (χ0n) is 17.7. The normalized spacial score (nSPS) is 15.8. The number of rotatable bonds is 7. The molecule has 0 atom stereocenters. The Hall–Kier alpha value is -2.31. The van der Waals surface area contributed by atoms with Crippen LogP contribution >= 0.6 is 0 Å². The fraction of sp³-hybridized carbons (Fsp3) is 0.667. The number of carbonyl (C=O) groups is 1. The number of aliphatic imine (C=N–C) groups is 1. The highest BCUT2D eigenvalue weighted by Crippen LogP contribution is 2.22. The number of hydrogen-bond acceptors (Lipinski definition) is 4. The molecule has 1 aliphatic rings. The van der Waals surface area contributed by atoms with Gasteiger partial charge in [-0.2, -0.15) is 0 Å². The lowest BCUT2D eigenvalue weighted by atomic mass is 9.98. The Bertz CT molecular complexity index is 648. The summed E-state index contributed by atoms with van der Waals surface area (Å²) in [4.78, 5) is 20.9. The first kappa shape index (κ1) is 22.0. The zero-order valence-corrected chi connectivity index (χ0v) is 17.7. The molecule has 28 heavy (non-hydrogen) atoms. The van der Waals surface area contributed by atoms with Crippen LogP contribution in [0.2, 0.25) is 0 Å². The number of ether oxygens (including phenoxy) is 1. The van der Waals surface area contributed by atoms with Crippen molar-refractivity contribution >= 4 is 11.9 Å². The van der Waals surface area contributed by atoms with Gasteiger partial charge < -0.3 is 20.7 Å². The van der Waals surface area contributed by atoms with Gasteiger partial charge in [0.1, 0.15) is 6.10 Å². The van der Waals surface area contributed by atoms with E-state index in [0.29, 0.717) is 18.4 Å². The molecule has 0 aliphatic heterocycles. The summed E-state index contributed by atoms with van der Waals surface area (Å²) in [7, 11) is 0. The summed E-state index contributed by atoms with van der Waals surface area (Å²) in [6.07, 6.45) is 8.02. The van der Waals surface area contributed by atoms with Crippen LogP contribution in [0.1, 0.15) is 65.4 Å². The second-order valence-corrected chi connectivity index (χ2v) is 8.23. The minimum atomic E-state index is -0.250. The molecule has 2 rings (SSSR count).